The summed E-state index contributed by atoms with van der Waals surface area (Å²) >= 11 is 0. The van der Waals surface area contributed by atoms with Crippen LogP contribution in [0.5, 0.6) is 0 Å². The van der Waals surface area contributed by atoms with E-state index in [1.807, 2.05) is 0 Å². The van der Waals surface area contributed by atoms with Crippen molar-refractivity contribution in [1.29, 1.82) is 0 Å². The van der Waals surface area contributed by atoms with Crippen molar-refractivity contribution in [2.24, 2.45) is 11.7 Å². The number of anilines is 1. The number of nitrogens with two attached hydrogens (primary N) is 1. The Balaban J connectivity index is 1.46. The molecule has 3 atom stereocenters. The highest BCUT2D eigenvalue weighted by Gasteiger charge is 2.39. The Morgan fingerprint density at radius 2 is 2.12 bits per heavy atom. The van der Waals surface area contributed by atoms with Crippen LogP contribution in [0.3, 0.4) is 0 Å². The number of rotatable bonds is 4. The monoisotopic (exact) mass is 342 g/mol. The van der Waals surface area contributed by atoms with Crippen LogP contribution in [-0.4, -0.2) is 54.5 Å². The zero-order chi connectivity index (χ0) is 17.4. The Bertz CT molecular complexity index is 647. The predicted molar refractivity (Wildman–Crippen MR) is 100 cm³/mol. The lowest BCUT2D eigenvalue weighted by molar-refractivity contribution is -0.119. The predicted octanol–water partition coefficient (Wildman–Crippen LogP) is 1.81. The van der Waals surface area contributed by atoms with Crippen LogP contribution in [0.1, 0.15) is 36.8 Å². The molecule has 0 spiro atoms. The van der Waals surface area contributed by atoms with Gasteiger partial charge >= 0.3 is 0 Å². The summed E-state index contributed by atoms with van der Waals surface area (Å²) in [6.07, 6.45) is 6.30. The van der Waals surface area contributed by atoms with Gasteiger partial charge in [-0.3, -0.25) is 9.69 Å². The molecule has 3 N–H and O–H groups in total. The summed E-state index contributed by atoms with van der Waals surface area (Å²) in [5.41, 5.74) is 9.35. The maximum Gasteiger partial charge on any atom is 0.231 e. The molecule has 1 aromatic rings. The van der Waals surface area contributed by atoms with Gasteiger partial charge in [0.15, 0.2) is 0 Å². The fraction of sp³-hybridized carbons (Fsp3) is 0.650. The molecule has 2 fully saturated rings. The highest BCUT2D eigenvalue weighted by atomic mass is 16.1. The number of nitrogens with one attached hydrogen (secondary N) is 1. The van der Waals surface area contributed by atoms with Gasteiger partial charge in [0.2, 0.25) is 5.91 Å². The molecule has 136 valence electrons. The smallest absolute Gasteiger partial charge is 0.231 e. The highest BCUT2D eigenvalue weighted by molar-refractivity contribution is 5.76. The van der Waals surface area contributed by atoms with Crippen LogP contribution in [0, 0.1) is 5.92 Å². The van der Waals surface area contributed by atoms with E-state index in [0.29, 0.717) is 12.6 Å². The molecule has 5 heteroatoms. The molecule has 3 aliphatic rings. The SMILES string of the molecule is CN1CC[C@H](Nc2ccc3c(c2)CN(CC(N)=O)CC3)[C@H]2CCC[C@H]21. The molecule has 1 aromatic carbocycles. The second-order valence-electron chi connectivity index (χ2n) is 8.09. The highest BCUT2D eigenvalue weighted by Crippen LogP contribution is 2.37. The first-order valence-corrected chi connectivity index (χ1v) is 9.69. The van der Waals surface area contributed by atoms with E-state index in [-0.39, 0.29) is 5.91 Å². The number of primary amides is 1. The third-order valence-corrected chi connectivity index (χ3v) is 6.44. The van der Waals surface area contributed by atoms with E-state index in [1.54, 1.807) is 0 Å². The van der Waals surface area contributed by atoms with Crippen molar-refractivity contribution in [3.63, 3.8) is 0 Å². The number of nitrogens with zero attached hydrogens (tertiary/aromatic N) is 2. The molecule has 0 aromatic heterocycles. The molecular formula is C20H30N4O. The lowest BCUT2D eigenvalue weighted by Gasteiger charge is -2.41. The molecular weight excluding hydrogens is 312 g/mol. The summed E-state index contributed by atoms with van der Waals surface area (Å²) < 4.78 is 0. The molecule has 5 nitrogen and oxygen atoms in total. The molecule has 2 heterocycles. The van der Waals surface area contributed by atoms with Crippen molar-refractivity contribution in [2.45, 2.75) is 50.7 Å². The Labute approximate surface area is 150 Å². The third kappa shape index (κ3) is 3.53. The topological polar surface area (TPSA) is 61.6 Å². The number of amides is 1. The standard InChI is InChI=1S/C20H30N4O/c1-23-9-8-18(17-3-2-4-19(17)23)22-16-6-5-14-7-10-24(13-20(21)25)12-15(14)11-16/h5-6,11,17-19,22H,2-4,7-10,12-13H2,1H3,(H2,21,25)/t17-,18+,19-/m1/s1. The molecule has 1 amide bonds. The van der Waals surface area contributed by atoms with E-state index in [4.69, 9.17) is 5.73 Å². The first-order chi connectivity index (χ1) is 12.1. The number of likely N-dealkylation sites (tertiary alicyclic amines) is 1. The second-order valence-corrected chi connectivity index (χ2v) is 8.09. The molecule has 25 heavy (non-hydrogen) atoms. The van der Waals surface area contributed by atoms with E-state index in [9.17, 15) is 4.79 Å². The van der Waals surface area contributed by atoms with Gasteiger partial charge in [-0.15, -0.1) is 0 Å². The summed E-state index contributed by atoms with van der Waals surface area (Å²) in [5, 5.41) is 3.84. The van der Waals surface area contributed by atoms with Crippen molar-refractivity contribution < 1.29 is 4.79 Å². The molecule has 0 bridgehead atoms. The van der Waals surface area contributed by atoms with E-state index in [1.165, 1.54) is 49.0 Å². The Morgan fingerprint density at radius 3 is 2.96 bits per heavy atom. The summed E-state index contributed by atoms with van der Waals surface area (Å²) in [5.74, 6) is 0.539. The minimum absolute atomic E-state index is 0.240. The van der Waals surface area contributed by atoms with Gasteiger partial charge < -0.3 is 16.0 Å². The van der Waals surface area contributed by atoms with Gasteiger partial charge in [-0.25, -0.2) is 0 Å². The van der Waals surface area contributed by atoms with Crippen molar-refractivity contribution in [3.05, 3.63) is 29.3 Å². The molecule has 2 aliphatic heterocycles. The van der Waals surface area contributed by atoms with Crippen molar-refractivity contribution >= 4 is 11.6 Å². The number of fused-ring (bicyclic) bond motifs is 2. The summed E-state index contributed by atoms with van der Waals surface area (Å²) in [6.45, 7) is 3.29. The van der Waals surface area contributed by atoms with E-state index >= 15 is 0 Å². The largest absolute Gasteiger partial charge is 0.382 e. The van der Waals surface area contributed by atoms with Crippen LogP contribution in [-0.2, 0) is 17.8 Å². The van der Waals surface area contributed by atoms with Crippen LogP contribution in [0.15, 0.2) is 18.2 Å². The third-order valence-electron chi connectivity index (χ3n) is 6.44. The number of piperidine rings is 1. The molecule has 1 saturated heterocycles. The average Bonchev–Trinajstić information content (AvgIpc) is 3.07. The van der Waals surface area contributed by atoms with Gasteiger partial charge in [0.25, 0.3) is 0 Å². The first-order valence-electron chi connectivity index (χ1n) is 9.69. The molecule has 1 aliphatic carbocycles. The van der Waals surface area contributed by atoms with Gasteiger partial charge in [0.05, 0.1) is 6.54 Å². The number of hydrogen-bond acceptors (Lipinski definition) is 4. The Hall–Kier alpha value is -1.59. The van der Waals surface area contributed by atoms with Crippen LogP contribution in [0.2, 0.25) is 0 Å². The van der Waals surface area contributed by atoms with Gasteiger partial charge in [0, 0.05) is 37.4 Å². The lowest BCUT2D eigenvalue weighted by atomic mass is 9.87. The second kappa shape index (κ2) is 6.96. The first kappa shape index (κ1) is 16.9. The fourth-order valence-corrected chi connectivity index (χ4v) is 5.16. The maximum atomic E-state index is 11.2. The van der Waals surface area contributed by atoms with Crippen LogP contribution < -0.4 is 11.1 Å². The van der Waals surface area contributed by atoms with Gasteiger partial charge in [-0.2, -0.15) is 0 Å². The number of carbonyl (C=O) groups excluding carboxylic acids is 1. The summed E-state index contributed by atoms with van der Waals surface area (Å²) in [6, 6.07) is 8.15. The minimum atomic E-state index is -0.240. The van der Waals surface area contributed by atoms with Crippen LogP contribution in [0.4, 0.5) is 5.69 Å². The zero-order valence-electron chi connectivity index (χ0n) is 15.2. The number of hydrogen-bond donors (Lipinski definition) is 2. The summed E-state index contributed by atoms with van der Waals surface area (Å²) in [7, 11) is 2.28. The van der Waals surface area contributed by atoms with Crippen LogP contribution in [0.25, 0.3) is 0 Å². The lowest BCUT2D eigenvalue weighted by Crippen LogP contribution is -2.49. The van der Waals surface area contributed by atoms with Crippen LogP contribution >= 0.6 is 0 Å². The summed E-state index contributed by atoms with van der Waals surface area (Å²) in [4.78, 5) is 15.9. The van der Waals surface area contributed by atoms with E-state index < -0.39 is 0 Å². The van der Waals surface area contributed by atoms with Crippen molar-refractivity contribution in [2.75, 3.05) is 32.0 Å². The maximum absolute atomic E-state index is 11.2. The van der Waals surface area contributed by atoms with Crippen molar-refractivity contribution in [3.8, 4) is 0 Å². The quantitative estimate of drug-likeness (QED) is 0.876. The van der Waals surface area contributed by atoms with Gasteiger partial charge in [-0.05, 0) is 61.9 Å². The number of benzene rings is 1. The van der Waals surface area contributed by atoms with E-state index in [2.05, 4.69) is 40.4 Å². The van der Waals surface area contributed by atoms with Gasteiger partial charge in [0.1, 0.15) is 0 Å². The van der Waals surface area contributed by atoms with E-state index in [0.717, 1.165) is 31.5 Å². The molecule has 1 saturated carbocycles. The van der Waals surface area contributed by atoms with Gasteiger partial charge in [-0.1, -0.05) is 12.5 Å². The minimum Gasteiger partial charge on any atom is -0.382 e. The fourth-order valence-electron chi connectivity index (χ4n) is 5.16. The molecule has 4 rings (SSSR count). The normalized spacial score (nSPS) is 29.9. The Morgan fingerprint density at radius 1 is 1.24 bits per heavy atom. The molecule has 0 radical (unpaired) electrons. The number of carbonyl (C=O) groups is 1. The zero-order valence-corrected chi connectivity index (χ0v) is 15.2. The molecule has 0 unspecified atom stereocenters. The van der Waals surface area contributed by atoms with Crippen molar-refractivity contribution in [1.82, 2.24) is 9.80 Å². The average molecular weight is 342 g/mol. The Kier molecular flexibility index (Phi) is 4.69.